The van der Waals surface area contributed by atoms with Crippen LogP contribution in [0.2, 0.25) is 0 Å². The monoisotopic (exact) mass is 368 g/mol. The van der Waals surface area contributed by atoms with Crippen LogP contribution < -0.4 is 0 Å². The van der Waals surface area contributed by atoms with Crippen molar-refractivity contribution in [1.29, 1.82) is 0 Å². The van der Waals surface area contributed by atoms with Gasteiger partial charge in [-0.2, -0.15) is 0 Å². The van der Waals surface area contributed by atoms with Crippen LogP contribution in [0.4, 0.5) is 4.79 Å². The van der Waals surface area contributed by atoms with E-state index in [4.69, 9.17) is 15.4 Å². The molecule has 0 bridgehead atoms. The zero-order chi connectivity index (χ0) is 17.8. The van der Waals surface area contributed by atoms with Gasteiger partial charge in [-0.05, 0) is 27.2 Å². The standard InChI is InChI=1S/C14H25ClN2O5S/c1-14(2,3)22-13(19)16(4)6-5-7-17-9-11(8-12(17)18)10-23(15,20)21/h11H,5-10H2,1-4H3. The first kappa shape index (κ1) is 20.0. The van der Waals surface area contributed by atoms with Crippen molar-refractivity contribution < 1.29 is 22.7 Å². The summed E-state index contributed by atoms with van der Waals surface area (Å²) < 4.78 is 27.4. The largest absolute Gasteiger partial charge is 0.444 e. The molecule has 1 aliphatic heterocycles. The Balaban J connectivity index is 2.36. The molecule has 1 unspecified atom stereocenters. The summed E-state index contributed by atoms with van der Waals surface area (Å²) in [4.78, 5) is 26.7. The Bertz CT molecular complexity index is 544. The van der Waals surface area contributed by atoms with Crippen molar-refractivity contribution in [3.63, 3.8) is 0 Å². The van der Waals surface area contributed by atoms with Crippen LogP contribution in [0, 0.1) is 5.92 Å². The summed E-state index contributed by atoms with van der Waals surface area (Å²) >= 11 is 0. The highest BCUT2D eigenvalue weighted by atomic mass is 35.7. The van der Waals surface area contributed by atoms with E-state index in [1.165, 1.54) is 4.90 Å². The number of hydrogen-bond acceptors (Lipinski definition) is 5. The zero-order valence-electron chi connectivity index (χ0n) is 14.0. The lowest BCUT2D eigenvalue weighted by Gasteiger charge is -2.25. The Morgan fingerprint density at radius 1 is 1.43 bits per heavy atom. The van der Waals surface area contributed by atoms with Gasteiger partial charge in [0.05, 0.1) is 5.75 Å². The van der Waals surface area contributed by atoms with Gasteiger partial charge in [-0.1, -0.05) is 0 Å². The van der Waals surface area contributed by atoms with Crippen molar-refractivity contribution in [2.75, 3.05) is 32.4 Å². The quantitative estimate of drug-likeness (QED) is 0.666. The zero-order valence-corrected chi connectivity index (χ0v) is 15.6. The second-order valence-electron chi connectivity index (χ2n) is 6.87. The average Bonchev–Trinajstić information content (AvgIpc) is 2.64. The molecule has 9 heteroatoms. The van der Waals surface area contributed by atoms with Gasteiger partial charge >= 0.3 is 6.09 Å². The summed E-state index contributed by atoms with van der Waals surface area (Å²) in [6, 6.07) is 0. The molecule has 1 saturated heterocycles. The normalized spacial score (nSPS) is 19.1. The van der Waals surface area contributed by atoms with Gasteiger partial charge in [0, 0.05) is 49.7 Å². The van der Waals surface area contributed by atoms with E-state index >= 15 is 0 Å². The van der Waals surface area contributed by atoms with Crippen LogP contribution in [-0.2, 0) is 18.6 Å². The molecule has 1 fully saturated rings. The molecular formula is C14H25ClN2O5S. The van der Waals surface area contributed by atoms with Gasteiger partial charge in [-0.3, -0.25) is 4.79 Å². The van der Waals surface area contributed by atoms with Gasteiger partial charge in [0.15, 0.2) is 0 Å². The minimum atomic E-state index is -3.59. The molecule has 0 aromatic heterocycles. The van der Waals surface area contributed by atoms with Crippen LogP contribution in [-0.4, -0.2) is 68.3 Å². The third kappa shape index (κ3) is 7.87. The van der Waals surface area contributed by atoms with E-state index < -0.39 is 20.7 Å². The summed E-state index contributed by atoms with van der Waals surface area (Å²) in [5, 5.41) is 0. The fourth-order valence-electron chi connectivity index (χ4n) is 2.39. The number of nitrogens with zero attached hydrogens (tertiary/aromatic N) is 2. The molecule has 0 aromatic rings. The number of carbonyl (C=O) groups is 2. The third-order valence-corrected chi connectivity index (χ3v) is 4.60. The molecular weight excluding hydrogens is 344 g/mol. The lowest BCUT2D eigenvalue weighted by molar-refractivity contribution is -0.127. The molecule has 1 rings (SSSR count). The van der Waals surface area contributed by atoms with E-state index in [1.807, 2.05) is 0 Å². The fourth-order valence-corrected chi connectivity index (χ4v) is 3.71. The Morgan fingerprint density at radius 3 is 2.57 bits per heavy atom. The maximum atomic E-state index is 11.9. The van der Waals surface area contributed by atoms with Crippen LogP contribution in [0.3, 0.4) is 0 Å². The summed E-state index contributed by atoms with van der Waals surface area (Å²) in [5.74, 6) is -0.516. The molecule has 0 saturated carbocycles. The summed E-state index contributed by atoms with van der Waals surface area (Å²) in [6.45, 7) is 6.72. The third-order valence-electron chi connectivity index (χ3n) is 3.36. The molecule has 23 heavy (non-hydrogen) atoms. The van der Waals surface area contributed by atoms with Crippen molar-refractivity contribution in [1.82, 2.24) is 9.80 Å². The molecule has 2 amide bonds. The fraction of sp³-hybridized carbons (Fsp3) is 0.857. The van der Waals surface area contributed by atoms with Crippen molar-refractivity contribution in [2.45, 2.75) is 39.2 Å². The maximum absolute atomic E-state index is 11.9. The van der Waals surface area contributed by atoms with Crippen LogP contribution >= 0.6 is 10.7 Å². The smallest absolute Gasteiger partial charge is 0.410 e. The number of amides is 2. The average molecular weight is 369 g/mol. The Kier molecular flexibility index (Phi) is 6.70. The molecule has 1 heterocycles. The molecule has 0 spiro atoms. The number of hydrogen-bond donors (Lipinski definition) is 0. The van der Waals surface area contributed by atoms with Gasteiger partial charge < -0.3 is 14.5 Å². The molecule has 0 aliphatic carbocycles. The first-order valence-corrected chi connectivity index (χ1v) is 9.99. The summed E-state index contributed by atoms with van der Waals surface area (Å²) in [7, 11) is 3.28. The van der Waals surface area contributed by atoms with Crippen molar-refractivity contribution in [3.05, 3.63) is 0 Å². The molecule has 0 radical (unpaired) electrons. The van der Waals surface area contributed by atoms with Crippen molar-refractivity contribution in [2.24, 2.45) is 5.92 Å². The first-order chi connectivity index (χ1) is 10.4. The second kappa shape index (κ2) is 7.70. The number of rotatable bonds is 6. The molecule has 1 atom stereocenters. The minimum Gasteiger partial charge on any atom is -0.444 e. The summed E-state index contributed by atoms with van der Waals surface area (Å²) in [6.07, 6.45) is 0.395. The SMILES string of the molecule is CN(CCCN1CC(CS(=O)(=O)Cl)CC1=O)C(=O)OC(C)(C)C. The number of ether oxygens (including phenoxy) is 1. The van der Waals surface area contributed by atoms with E-state index in [9.17, 15) is 18.0 Å². The van der Waals surface area contributed by atoms with E-state index in [0.29, 0.717) is 26.1 Å². The lowest BCUT2D eigenvalue weighted by Crippen LogP contribution is -2.36. The molecule has 134 valence electrons. The number of halogens is 1. The Hall–Kier alpha value is -1.02. The predicted molar refractivity (Wildman–Crippen MR) is 87.8 cm³/mol. The highest BCUT2D eigenvalue weighted by Gasteiger charge is 2.32. The highest BCUT2D eigenvalue weighted by molar-refractivity contribution is 8.13. The lowest BCUT2D eigenvalue weighted by atomic mass is 10.1. The molecule has 0 aromatic carbocycles. The minimum absolute atomic E-state index is 0.0739. The van der Waals surface area contributed by atoms with Crippen LogP contribution in [0.15, 0.2) is 0 Å². The maximum Gasteiger partial charge on any atom is 0.410 e. The van der Waals surface area contributed by atoms with Gasteiger partial charge in [-0.25, -0.2) is 13.2 Å². The van der Waals surface area contributed by atoms with Crippen LogP contribution in [0.1, 0.15) is 33.6 Å². The van der Waals surface area contributed by atoms with E-state index in [-0.39, 0.29) is 24.0 Å². The van der Waals surface area contributed by atoms with Crippen molar-refractivity contribution >= 4 is 31.7 Å². The molecule has 0 N–H and O–H groups in total. The molecule has 7 nitrogen and oxygen atoms in total. The van der Waals surface area contributed by atoms with Gasteiger partial charge in [-0.15, -0.1) is 0 Å². The van der Waals surface area contributed by atoms with Crippen LogP contribution in [0.5, 0.6) is 0 Å². The van der Waals surface area contributed by atoms with E-state index in [1.54, 1.807) is 32.7 Å². The number of carbonyl (C=O) groups excluding carboxylic acids is 2. The van der Waals surface area contributed by atoms with Gasteiger partial charge in [0.1, 0.15) is 5.60 Å². The first-order valence-electron chi connectivity index (χ1n) is 7.51. The topological polar surface area (TPSA) is 84.0 Å². The van der Waals surface area contributed by atoms with Gasteiger partial charge in [0.25, 0.3) is 0 Å². The second-order valence-corrected chi connectivity index (χ2v) is 9.69. The van der Waals surface area contributed by atoms with E-state index in [0.717, 1.165) is 0 Å². The Morgan fingerprint density at radius 2 is 2.04 bits per heavy atom. The van der Waals surface area contributed by atoms with Crippen LogP contribution in [0.25, 0.3) is 0 Å². The predicted octanol–water partition coefficient (Wildman–Crippen LogP) is 1.66. The number of likely N-dealkylation sites (tertiary alicyclic amines) is 1. The summed E-state index contributed by atoms with van der Waals surface area (Å²) in [5.41, 5.74) is -0.545. The van der Waals surface area contributed by atoms with Crippen molar-refractivity contribution in [3.8, 4) is 0 Å². The Labute approximate surface area is 142 Å². The van der Waals surface area contributed by atoms with Gasteiger partial charge in [0.2, 0.25) is 15.0 Å². The molecule has 1 aliphatic rings. The highest BCUT2D eigenvalue weighted by Crippen LogP contribution is 2.21. The van der Waals surface area contributed by atoms with E-state index in [2.05, 4.69) is 0 Å².